The summed E-state index contributed by atoms with van der Waals surface area (Å²) in [4.78, 5) is 2.55. The van der Waals surface area contributed by atoms with Crippen LogP contribution in [0.3, 0.4) is 0 Å². The molecule has 1 aromatic heterocycles. The van der Waals surface area contributed by atoms with Crippen LogP contribution in [0.2, 0.25) is 0 Å². The molecule has 1 aromatic rings. The van der Waals surface area contributed by atoms with Crippen molar-refractivity contribution in [2.45, 2.75) is 25.3 Å². The Hall–Kier alpha value is -0.290. The molecule has 1 atom stereocenters. The van der Waals surface area contributed by atoms with E-state index in [2.05, 4.69) is 28.6 Å². The molecule has 0 amide bonds. The van der Waals surface area contributed by atoms with E-state index in [0.29, 0.717) is 6.04 Å². The Morgan fingerprint density at radius 3 is 2.83 bits per heavy atom. The number of halogens is 2. The Balaban J connectivity index is 0.00000144. The maximum Gasteiger partial charge on any atom is 0.0522 e. The van der Waals surface area contributed by atoms with Crippen LogP contribution in [-0.2, 0) is 13.5 Å². The first-order chi connectivity index (χ1) is 7.78. The Kier molecular flexibility index (Phi) is 8.61. The fourth-order valence-electron chi connectivity index (χ4n) is 2.38. The number of hydrogen-bond acceptors (Lipinski definition) is 3. The van der Waals surface area contributed by atoms with Gasteiger partial charge in [0.1, 0.15) is 0 Å². The van der Waals surface area contributed by atoms with E-state index < -0.39 is 0 Å². The molecule has 0 spiro atoms. The summed E-state index contributed by atoms with van der Waals surface area (Å²) in [5.41, 5.74) is 1.34. The van der Waals surface area contributed by atoms with Crippen molar-refractivity contribution >= 4 is 24.8 Å². The number of rotatable bonds is 4. The predicted octanol–water partition coefficient (Wildman–Crippen LogP) is 1.49. The fourth-order valence-corrected chi connectivity index (χ4v) is 2.38. The van der Waals surface area contributed by atoms with Gasteiger partial charge in [0.15, 0.2) is 0 Å². The molecule has 1 fully saturated rings. The van der Waals surface area contributed by atoms with Crippen molar-refractivity contribution in [1.82, 2.24) is 20.0 Å². The van der Waals surface area contributed by atoms with Crippen LogP contribution in [0.25, 0.3) is 0 Å². The summed E-state index contributed by atoms with van der Waals surface area (Å²) in [6.07, 6.45) is 7.84. The van der Waals surface area contributed by atoms with E-state index in [4.69, 9.17) is 0 Å². The van der Waals surface area contributed by atoms with E-state index in [1.165, 1.54) is 31.5 Å². The van der Waals surface area contributed by atoms with Crippen LogP contribution < -0.4 is 5.32 Å². The van der Waals surface area contributed by atoms with E-state index >= 15 is 0 Å². The van der Waals surface area contributed by atoms with Gasteiger partial charge in [-0.3, -0.25) is 4.68 Å². The Labute approximate surface area is 122 Å². The van der Waals surface area contributed by atoms with E-state index in [1.807, 2.05) is 17.9 Å². The van der Waals surface area contributed by atoms with Crippen LogP contribution >= 0.6 is 24.8 Å². The zero-order chi connectivity index (χ0) is 11.4. The van der Waals surface area contributed by atoms with Gasteiger partial charge >= 0.3 is 0 Å². The lowest BCUT2D eigenvalue weighted by Gasteiger charge is -2.32. The first-order valence-electron chi connectivity index (χ1n) is 6.15. The van der Waals surface area contributed by atoms with Crippen LogP contribution in [0.4, 0.5) is 0 Å². The molecule has 0 saturated carbocycles. The molecule has 2 rings (SSSR count). The minimum atomic E-state index is 0. The molecule has 1 unspecified atom stereocenters. The van der Waals surface area contributed by atoms with Crippen molar-refractivity contribution in [3.05, 3.63) is 18.0 Å². The van der Waals surface area contributed by atoms with E-state index in [0.717, 1.165) is 13.0 Å². The normalized spacial score (nSPS) is 20.0. The highest BCUT2D eigenvalue weighted by atomic mass is 35.5. The second-order valence-corrected chi connectivity index (χ2v) is 4.70. The maximum absolute atomic E-state index is 4.20. The van der Waals surface area contributed by atoms with Gasteiger partial charge in [0.25, 0.3) is 0 Å². The lowest BCUT2D eigenvalue weighted by molar-refractivity contribution is 0.197. The lowest BCUT2D eigenvalue weighted by Crippen LogP contribution is -2.44. The minimum Gasteiger partial charge on any atom is -0.316 e. The molecule has 1 aliphatic rings. The Morgan fingerprint density at radius 2 is 2.22 bits per heavy atom. The molecular weight excluding hydrogens is 271 g/mol. The number of piperidine rings is 1. The van der Waals surface area contributed by atoms with Gasteiger partial charge in [-0.2, -0.15) is 5.10 Å². The van der Waals surface area contributed by atoms with Crippen LogP contribution in [0.5, 0.6) is 0 Å². The molecule has 6 heteroatoms. The van der Waals surface area contributed by atoms with Crippen molar-refractivity contribution in [1.29, 1.82) is 0 Å². The molecule has 0 bridgehead atoms. The molecule has 0 aliphatic carbocycles. The summed E-state index contributed by atoms with van der Waals surface area (Å²) in [5.74, 6) is 0. The van der Waals surface area contributed by atoms with Crippen molar-refractivity contribution in [3.8, 4) is 0 Å². The van der Waals surface area contributed by atoms with Gasteiger partial charge in [-0.25, -0.2) is 0 Å². The third kappa shape index (κ3) is 5.14. The highest BCUT2D eigenvalue weighted by Gasteiger charge is 2.17. The monoisotopic (exact) mass is 294 g/mol. The second kappa shape index (κ2) is 8.75. The molecule has 4 nitrogen and oxygen atoms in total. The first-order valence-corrected chi connectivity index (χ1v) is 6.15. The van der Waals surface area contributed by atoms with Crippen LogP contribution in [0.1, 0.15) is 18.4 Å². The maximum atomic E-state index is 4.20. The largest absolute Gasteiger partial charge is 0.316 e. The van der Waals surface area contributed by atoms with Gasteiger partial charge in [-0.1, -0.05) is 0 Å². The number of likely N-dealkylation sites (N-methyl/N-ethyl adjacent to an activating group) is 1. The molecule has 0 aromatic carbocycles. The number of aromatic nitrogens is 2. The molecule has 106 valence electrons. The number of hydrogen-bond donors (Lipinski definition) is 1. The van der Waals surface area contributed by atoms with Crippen LogP contribution in [-0.4, -0.2) is 47.4 Å². The summed E-state index contributed by atoms with van der Waals surface area (Å²) >= 11 is 0. The topological polar surface area (TPSA) is 33.1 Å². The van der Waals surface area contributed by atoms with Crippen LogP contribution in [0, 0.1) is 0 Å². The van der Waals surface area contributed by atoms with E-state index in [-0.39, 0.29) is 24.8 Å². The van der Waals surface area contributed by atoms with Crippen molar-refractivity contribution in [2.75, 3.05) is 26.7 Å². The molecule has 18 heavy (non-hydrogen) atoms. The van der Waals surface area contributed by atoms with Crippen molar-refractivity contribution < 1.29 is 0 Å². The lowest BCUT2D eigenvalue weighted by atomic mass is 10.1. The molecule has 1 saturated heterocycles. The highest BCUT2D eigenvalue weighted by Crippen LogP contribution is 2.10. The zero-order valence-electron chi connectivity index (χ0n) is 11.1. The summed E-state index contributed by atoms with van der Waals surface area (Å²) in [5, 5.41) is 7.58. The second-order valence-electron chi connectivity index (χ2n) is 4.70. The Bertz CT molecular complexity index is 330. The van der Waals surface area contributed by atoms with Gasteiger partial charge < -0.3 is 10.2 Å². The van der Waals surface area contributed by atoms with Gasteiger partial charge in [0.05, 0.1) is 6.20 Å². The van der Waals surface area contributed by atoms with Gasteiger partial charge in [0.2, 0.25) is 0 Å². The van der Waals surface area contributed by atoms with Crippen LogP contribution in [0.15, 0.2) is 12.4 Å². The summed E-state index contributed by atoms with van der Waals surface area (Å²) < 4.78 is 1.88. The average molecular weight is 295 g/mol. The number of nitrogens with zero attached hydrogens (tertiary/aromatic N) is 3. The molecule has 1 N–H and O–H groups in total. The molecule has 2 heterocycles. The molecule has 0 radical (unpaired) electrons. The summed E-state index contributed by atoms with van der Waals surface area (Å²) in [6, 6.07) is 0.683. The third-order valence-corrected chi connectivity index (χ3v) is 3.39. The highest BCUT2D eigenvalue weighted by molar-refractivity contribution is 5.85. The summed E-state index contributed by atoms with van der Waals surface area (Å²) in [6.45, 7) is 3.60. The summed E-state index contributed by atoms with van der Waals surface area (Å²) in [7, 11) is 4.04. The van der Waals surface area contributed by atoms with Crippen molar-refractivity contribution in [3.63, 3.8) is 0 Å². The van der Waals surface area contributed by atoms with Gasteiger partial charge in [-0.05, 0) is 38.4 Å². The standard InChI is InChI=1S/C12H22N4.2ClH/c1-13-12-4-3-6-16(10-12)7-5-11-8-14-15(2)9-11;;/h8-9,12-13H,3-7,10H2,1-2H3;2*1H. The predicted molar refractivity (Wildman–Crippen MR) is 79.9 cm³/mol. The number of aryl methyl sites for hydroxylation is 1. The molecular formula is C12H24Cl2N4. The fraction of sp³-hybridized carbons (Fsp3) is 0.750. The molecule has 1 aliphatic heterocycles. The number of likely N-dealkylation sites (tertiary alicyclic amines) is 1. The smallest absolute Gasteiger partial charge is 0.0522 e. The van der Waals surface area contributed by atoms with Gasteiger partial charge in [0, 0.05) is 32.4 Å². The number of nitrogens with one attached hydrogen (secondary N) is 1. The van der Waals surface area contributed by atoms with E-state index in [9.17, 15) is 0 Å². The minimum absolute atomic E-state index is 0. The SMILES string of the molecule is CNC1CCCN(CCc2cnn(C)c2)C1.Cl.Cl. The Morgan fingerprint density at radius 1 is 1.44 bits per heavy atom. The third-order valence-electron chi connectivity index (χ3n) is 3.39. The average Bonchev–Trinajstić information content (AvgIpc) is 2.73. The zero-order valence-corrected chi connectivity index (χ0v) is 12.8. The van der Waals surface area contributed by atoms with Crippen molar-refractivity contribution in [2.24, 2.45) is 7.05 Å². The quantitative estimate of drug-likeness (QED) is 0.913. The van der Waals surface area contributed by atoms with Gasteiger partial charge in [-0.15, -0.1) is 24.8 Å². The van der Waals surface area contributed by atoms with E-state index in [1.54, 1.807) is 0 Å². The first kappa shape index (κ1) is 17.7.